The van der Waals surface area contributed by atoms with Gasteiger partial charge in [-0.2, -0.15) is 0 Å². The monoisotopic (exact) mass is 203 g/mol. The van der Waals surface area contributed by atoms with Crippen LogP contribution >= 0.6 is 0 Å². The molecule has 0 aliphatic rings. The third kappa shape index (κ3) is 4.96. The molecule has 7 heteroatoms. The van der Waals surface area contributed by atoms with Crippen molar-refractivity contribution in [3.8, 4) is 0 Å². The molecule has 0 aliphatic heterocycles. The van der Waals surface area contributed by atoms with Gasteiger partial charge >= 0.3 is 12.0 Å². The molecule has 4 N–H and O–H groups in total. The number of aliphatic carboxylic acids is 1. The van der Waals surface area contributed by atoms with Crippen LogP contribution < -0.4 is 11.1 Å². The maximum absolute atomic E-state index is 11.2. The molecule has 0 saturated heterocycles. The van der Waals surface area contributed by atoms with Gasteiger partial charge in [-0.3, -0.25) is 9.59 Å². The van der Waals surface area contributed by atoms with Crippen LogP contribution in [0.1, 0.15) is 6.92 Å². The topological polar surface area (TPSA) is 113 Å². The lowest BCUT2D eigenvalue weighted by atomic mass is 10.5. The highest BCUT2D eigenvalue weighted by atomic mass is 16.4. The fourth-order valence-corrected chi connectivity index (χ4v) is 0.765. The first-order valence-corrected chi connectivity index (χ1v) is 4.00. The Hall–Kier alpha value is -1.79. The summed E-state index contributed by atoms with van der Waals surface area (Å²) >= 11 is 0. The first-order valence-electron chi connectivity index (χ1n) is 4.00. The van der Waals surface area contributed by atoms with Crippen molar-refractivity contribution in [3.05, 3.63) is 0 Å². The molecule has 7 nitrogen and oxygen atoms in total. The van der Waals surface area contributed by atoms with E-state index >= 15 is 0 Å². The average molecular weight is 203 g/mol. The molecular weight excluding hydrogens is 190 g/mol. The van der Waals surface area contributed by atoms with Gasteiger partial charge in [-0.05, 0) is 6.92 Å². The molecule has 14 heavy (non-hydrogen) atoms. The number of nitrogens with zero attached hydrogens (tertiary/aromatic N) is 1. The molecule has 0 spiro atoms. The zero-order valence-corrected chi connectivity index (χ0v) is 7.82. The summed E-state index contributed by atoms with van der Waals surface area (Å²) in [4.78, 5) is 32.8. The summed E-state index contributed by atoms with van der Waals surface area (Å²) in [5.41, 5.74) is 4.80. The SMILES string of the molecule is CCN(CC(=O)O)C(=O)NCC(N)=O. The van der Waals surface area contributed by atoms with Crippen LogP contribution in [-0.2, 0) is 9.59 Å². The van der Waals surface area contributed by atoms with Crippen LogP contribution in [0.3, 0.4) is 0 Å². The van der Waals surface area contributed by atoms with Crippen molar-refractivity contribution in [2.24, 2.45) is 5.73 Å². The fraction of sp³-hybridized carbons (Fsp3) is 0.571. The molecule has 0 radical (unpaired) electrons. The minimum atomic E-state index is -1.11. The van der Waals surface area contributed by atoms with Gasteiger partial charge in [0.1, 0.15) is 6.54 Å². The van der Waals surface area contributed by atoms with Crippen LogP contribution in [0.15, 0.2) is 0 Å². The summed E-state index contributed by atoms with van der Waals surface area (Å²) in [6.07, 6.45) is 0. The molecule has 0 aliphatic carbocycles. The highest BCUT2D eigenvalue weighted by Gasteiger charge is 2.14. The number of carboxylic acids is 1. The Morgan fingerprint density at radius 3 is 2.36 bits per heavy atom. The van der Waals surface area contributed by atoms with Gasteiger partial charge in [0.2, 0.25) is 5.91 Å². The number of nitrogens with one attached hydrogen (secondary N) is 1. The van der Waals surface area contributed by atoms with Gasteiger partial charge < -0.3 is 21.1 Å². The normalized spacial score (nSPS) is 9.21. The first-order chi connectivity index (χ1) is 6.47. The largest absolute Gasteiger partial charge is 0.480 e. The second-order valence-corrected chi connectivity index (χ2v) is 2.53. The quantitative estimate of drug-likeness (QED) is 0.509. The highest BCUT2D eigenvalue weighted by Crippen LogP contribution is 1.88. The van der Waals surface area contributed by atoms with Crippen molar-refractivity contribution in [1.29, 1.82) is 0 Å². The lowest BCUT2D eigenvalue weighted by Crippen LogP contribution is -2.45. The molecule has 0 aromatic rings. The van der Waals surface area contributed by atoms with Crippen molar-refractivity contribution in [1.82, 2.24) is 10.2 Å². The molecule has 0 rings (SSSR count). The number of nitrogens with two attached hydrogens (primary N) is 1. The van der Waals surface area contributed by atoms with Crippen molar-refractivity contribution in [2.75, 3.05) is 19.6 Å². The maximum Gasteiger partial charge on any atom is 0.323 e. The minimum Gasteiger partial charge on any atom is -0.480 e. The Balaban J connectivity index is 4.04. The maximum atomic E-state index is 11.2. The van der Waals surface area contributed by atoms with E-state index in [9.17, 15) is 14.4 Å². The molecule has 0 saturated carbocycles. The fourth-order valence-electron chi connectivity index (χ4n) is 0.765. The Morgan fingerprint density at radius 2 is 2.00 bits per heavy atom. The zero-order chi connectivity index (χ0) is 11.1. The molecule has 80 valence electrons. The number of carbonyl (C=O) groups is 3. The van der Waals surface area contributed by atoms with Crippen molar-refractivity contribution in [2.45, 2.75) is 6.92 Å². The number of carbonyl (C=O) groups excluding carboxylic acids is 2. The number of urea groups is 1. The van der Waals surface area contributed by atoms with E-state index in [-0.39, 0.29) is 13.1 Å². The van der Waals surface area contributed by atoms with E-state index in [1.165, 1.54) is 0 Å². The van der Waals surface area contributed by atoms with Crippen molar-refractivity contribution < 1.29 is 19.5 Å². The molecule has 3 amide bonds. The minimum absolute atomic E-state index is 0.247. The van der Waals surface area contributed by atoms with E-state index in [1.807, 2.05) is 0 Å². The molecule has 0 fully saturated rings. The Bertz CT molecular complexity index is 241. The van der Waals surface area contributed by atoms with Crippen LogP contribution in [0.2, 0.25) is 0 Å². The molecule has 0 atom stereocenters. The van der Waals surface area contributed by atoms with E-state index in [2.05, 4.69) is 5.32 Å². The number of likely N-dealkylation sites (N-methyl/N-ethyl adjacent to an activating group) is 1. The number of rotatable bonds is 5. The molecule has 0 heterocycles. The van der Waals surface area contributed by atoms with Crippen molar-refractivity contribution >= 4 is 17.9 Å². The third-order valence-electron chi connectivity index (χ3n) is 1.41. The molecule has 0 aromatic carbocycles. The number of hydrogen-bond acceptors (Lipinski definition) is 3. The Morgan fingerprint density at radius 1 is 1.43 bits per heavy atom. The predicted molar refractivity (Wildman–Crippen MR) is 47.5 cm³/mol. The summed E-state index contributed by atoms with van der Waals surface area (Å²) in [6.45, 7) is 1.18. The number of hydrogen-bond donors (Lipinski definition) is 3. The summed E-state index contributed by atoms with van der Waals surface area (Å²) in [7, 11) is 0. The van der Waals surface area contributed by atoms with E-state index in [0.29, 0.717) is 0 Å². The van der Waals surface area contributed by atoms with Crippen LogP contribution in [0.4, 0.5) is 4.79 Å². The molecular formula is C7H13N3O4. The van der Waals surface area contributed by atoms with Crippen LogP contribution in [-0.4, -0.2) is 47.5 Å². The van der Waals surface area contributed by atoms with Gasteiger partial charge in [0, 0.05) is 6.54 Å². The summed E-state index contributed by atoms with van der Waals surface area (Å²) in [5, 5.41) is 10.6. The first kappa shape index (κ1) is 12.2. The number of primary amides is 1. The summed E-state index contributed by atoms with van der Waals surface area (Å²) in [6, 6.07) is -0.617. The van der Waals surface area contributed by atoms with Gasteiger partial charge in [-0.1, -0.05) is 0 Å². The van der Waals surface area contributed by atoms with Gasteiger partial charge in [-0.25, -0.2) is 4.79 Å². The number of amides is 3. The second kappa shape index (κ2) is 5.79. The third-order valence-corrected chi connectivity index (χ3v) is 1.41. The zero-order valence-electron chi connectivity index (χ0n) is 7.82. The summed E-state index contributed by atoms with van der Waals surface area (Å²) in [5.74, 6) is -1.79. The van der Waals surface area contributed by atoms with E-state index in [4.69, 9.17) is 10.8 Å². The van der Waals surface area contributed by atoms with Gasteiger partial charge in [-0.15, -0.1) is 0 Å². The molecule has 0 bridgehead atoms. The van der Waals surface area contributed by atoms with Crippen molar-refractivity contribution in [3.63, 3.8) is 0 Å². The lowest BCUT2D eigenvalue weighted by Gasteiger charge is -2.18. The van der Waals surface area contributed by atoms with E-state index < -0.39 is 24.5 Å². The van der Waals surface area contributed by atoms with Crippen LogP contribution in [0, 0.1) is 0 Å². The molecule has 0 aromatic heterocycles. The standard InChI is InChI=1S/C7H13N3O4/c1-2-10(4-6(12)13)7(14)9-3-5(8)11/h2-4H2,1H3,(H2,8,11)(H,9,14)(H,12,13). The smallest absolute Gasteiger partial charge is 0.323 e. The predicted octanol–water partition coefficient (Wildman–Crippen LogP) is -1.41. The lowest BCUT2D eigenvalue weighted by molar-refractivity contribution is -0.137. The summed E-state index contributed by atoms with van der Waals surface area (Å²) < 4.78 is 0. The van der Waals surface area contributed by atoms with Crippen LogP contribution in [0.5, 0.6) is 0 Å². The van der Waals surface area contributed by atoms with E-state index in [1.54, 1.807) is 6.92 Å². The van der Waals surface area contributed by atoms with Gasteiger partial charge in [0.15, 0.2) is 0 Å². The van der Waals surface area contributed by atoms with Gasteiger partial charge in [0.05, 0.1) is 6.54 Å². The Kier molecular flexibility index (Phi) is 5.05. The van der Waals surface area contributed by atoms with Gasteiger partial charge in [0.25, 0.3) is 0 Å². The van der Waals surface area contributed by atoms with E-state index in [0.717, 1.165) is 4.90 Å². The number of carboxylic acid groups (broad SMARTS) is 1. The highest BCUT2D eigenvalue weighted by molar-refractivity contribution is 5.84. The molecule has 0 unspecified atom stereocenters. The average Bonchev–Trinajstić information content (AvgIpc) is 2.09. The second-order valence-electron chi connectivity index (χ2n) is 2.53. The Labute approximate surface area is 80.9 Å². The van der Waals surface area contributed by atoms with Crippen LogP contribution in [0.25, 0.3) is 0 Å².